The van der Waals surface area contributed by atoms with Crippen molar-refractivity contribution >= 4 is 35.0 Å². The number of carbonyl (C=O) groups is 3. The average Bonchev–Trinajstić information content (AvgIpc) is 3.14. The van der Waals surface area contributed by atoms with Crippen LogP contribution in [0.3, 0.4) is 0 Å². The van der Waals surface area contributed by atoms with Crippen molar-refractivity contribution in [3.8, 4) is 22.8 Å². The minimum atomic E-state index is -1.36. The monoisotopic (exact) mass is 507 g/mol. The Morgan fingerprint density at radius 2 is 1.86 bits per heavy atom. The molecule has 3 heterocycles. The number of aromatic hydroxyl groups is 1. The summed E-state index contributed by atoms with van der Waals surface area (Å²) >= 11 is 0. The standard InChI is InChI=1S/C23H21N7O7/c1-10-9-30(21(35)16(10)14-8-25-18-17(26-14)20(34)29-23(24)28-18)12-4-2-11(3-5-12)19(33)27-13(22(36)37)6-7-15(31)32/h2-5,8-9,13,35H,6-7H2,1H3,(H,27,33)(H,31,32)(H,36,37)(H3,24,25,28,29,34)/t13-/m0/s1. The van der Waals surface area contributed by atoms with Gasteiger partial charge in [0.2, 0.25) is 11.8 Å². The molecule has 190 valence electrons. The summed E-state index contributed by atoms with van der Waals surface area (Å²) in [4.78, 5) is 61.4. The van der Waals surface area contributed by atoms with Crippen LogP contribution in [0.25, 0.3) is 28.1 Å². The van der Waals surface area contributed by atoms with Gasteiger partial charge in [0.05, 0.1) is 17.5 Å². The predicted octanol–water partition coefficient (Wildman–Crippen LogP) is 0.815. The van der Waals surface area contributed by atoms with E-state index in [2.05, 4.69) is 25.3 Å². The first-order chi connectivity index (χ1) is 17.5. The number of carboxylic acid groups (broad SMARTS) is 2. The summed E-state index contributed by atoms with van der Waals surface area (Å²) in [6.45, 7) is 1.73. The van der Waals surface area contributed by atoms with E-state index >= 15 is 0 Å². The second-order valence-electron chi connectivity index (χ2n) is 8.10. The number of aromatic nitrogens is 5. The second kappa shape index (κ2) is 9.77. The second-order valence-corrected chi connectivity index (χ2v) is 8.10. The highest BCUT2D eigenvalue weighted by Crippen LogP contribution is 2.35. The minimum absolute atomic E-state index is 0.0448. The van der Waals surface area contributed by atoms with Gasteiger partial charge >= 0.3 is 11.9 Å². The fourth-order valence-corrected chi connectivity index (χ4v) is 3.72. The molecule has 0 saturated carbocycles. The number of fused-ring (bicyclic) bond motifs is 1. The van der Waals surface area contributed by atoms with Gasteiger partial charge in [-0.15, -0.1) is 0 Å². The molecule has 1 aromatic carbocycles. The van der Waals surface area contributed by atoms with Gasteiger partial charge in [-0.1, -0.05) is 0 Å². The van der Waals surface area contributed by atoms with Crippen molar-refractivity contribution in [2.75, 3.05) is 5.73 Å². The number of hydrogen-bond acceptors (Lipinski definition) is 9. The van der Waals surface area contributed by atoms with Crippen LogP contribution in [-0.4, -0.2) is 63.7 Å². The van der Waals surface area contributed by atoms with E-state index in [0.29, 0.717) is 16.8 Å². The number of H-pyrrole nitrogens is 1. The van der Waals surface area contributed by atoms with E-state index in [1.807, 2.05) is 0 Å². The molecule has 0 radical (unpaired) electrons. The van der Waals surface area contributed by atoms with Crippen molar-refractivity contribution in [3.05, 3.63) is 58.1 Å². The number of anilines is 1. The Hall–Kier alpha value is -5.27. The van der Waals surface area contributed by atoms with Crippen molar-refractivity contribution in [1.29, 1.82) is 0 Å². The highest BCUT2D eigenvalue weighted by Gasteiger charge is 2.22. The van der Waals surface area contributed by atoms with Gasteiger partial charge in [-0.25, -0.2) is 14.8 Å². The molecule has 4 aromatic rings. The molecule has 0 saturated heterocycles. The number of carbonyl (C=O) groups excluding carboxylic acids is 1. The molecular formula is C23H21N7O7. The first-order valence-electron chi connectivity index (χ1n) is 10.8. The van der Waals surface area contributed by atoms with Crippen molar-refractivity contribution in [2.45, 2.75) is 25.8 Å². The minimum Gasteiger partial charge on any atom is -0.494 e. The van der Waals surface area contributed by atoms with Crippen LogP contribution in [0.15, 0.2) is 41.5 Å². The molecule has 1 amide bonds. The lowest BCUT2D eigenvalue weighted by Gasteiger charge is -2.14. The molecule has 0 bridgehead atoms. The number of aromatic amines is 1. The van der Waals surface area contributed by atoms with Gasteiger partial charge in [0, 0.05) is 23.9 Å². The molecule has 0 fully saturated rings. The van der Waals surface area contributed by atoms with Crippen LogP contribution in [0.2, 0.25) is 0 Å². The Morgan fingerprint density at radius 1 is 1.16 bits per heavy atom. The lowest BCUT2D eigenvalue weighted by Crippen LogP contribution is -2.41. The number of nitrogen functional groups attached to an aromatic ring is 1. The maximum atomic E-state index is 12.5. The highest BCUT2D eigenvalue weighted by molar-refractivity contribution is 5.96. The fraction of sp³-hybridized carbons (Fsp3) is 0.174. The SMILES string of the molecule is Cc1cn(-c2ccc(C(=O)N[C@@H](CCC(=O)O)C(=O)O)cc2)c(O)c1-c1cnc2nc(N)[nH]c(=O)c2n1. The zero-order chi connectivity index (χ0) is 26.9. The van der Waals surface area contributed by atoms with Gasteiger partial charge < -0.3 is 26.4 Å². The Bertz CT molecular complexity index is 1590. The molecule has 3 aromatic heterocycles. The smallest absolute Gasteiger partial charge is 0.326 e. The molecule has 14 heteroatoms. The number of aryl methyl sites for hydroxylation is 1. The number of benzene rings is 1. The third-order valence-electron chi connectivity index (χ3n) is 5.52. The molecule has 0 aliphatic heterocycles. The number of amides is 1. The molecule has 4 rings (SSSR count). The molecule has 0 aliphatic carbocycles. The molecule has 1 atom stereocenters. The van der Waals surface area contributed by atoms with Crippen LogP contribution in [0.1, 0.15) is 28.8 Å². The van der Waals surface area contributed by atoms with Gasteiger partial charge in [-0.05, 0) is 43.2 Å². The summed E-state index contributed by atoms with van der Waals surface area (Å²) < 4.78 is 1.44. The van der Waals surface area contributed by atoms with Crippen LogP contribution in [0, 0.1) is 6.92 Å². The van der Waals surface area contributed by atoms with Gasteiger partial charge in [0.25, 0.3) is 11.5 Å². The summed E-state index contributed by atoms with van der Waals surface area (Å²) in [5, 5.41) is 31.2. The third-order valence-corrected chi connectivity index (χ3v) is 5.52. The van der Waals surface area contributed by atoms with E-state index < -0.39 is 35.9 Å². The summed E-state index contributed by atoms with van der Waals surface area (Å²) in [5.41, 5.74) is 6.77. The number of aliphatic carboxylic acids is 2. The summed E-state index contributed by atoms with van der Waals surface area (Å²) in [7, 11) is 0. The van der Waals surface area contributed by atoms with Crippen molar-refractivity contribution in [2.24, 2.45) is 0 Å². The molecule has 0 aliphatic rings. The Labute approximate surface area is 207 Å². The first kappa shape index (κ1) is 24.8. The molecule has 37 heavy (non-hydrogen) atoms. The maximum Gasteiger partial charge on any atom is 0.326 e. The largest absolute Gasteiger partial charge is 0.494 e. The number of nitrogens with zero attached hydrogens (tertiary/aromatic N) is 4. The zero-order valence-electron chi connectivity index (χ0n) is 19.3. The van der Waals surface area contributed by atoms with Gasteiger partial charge in [-0.3, -0.25) is 23.9 Å². The molecule has 7 N–H and O–H groups in total. The quantitative estimate of drug-likeness (QED) is 0.195. The van der Waals surface area contributed by atoms with Crippen molar-refractivity contribution in [1.82, 2.24) is 29.8 Å². The Balaban J connectivity index is 1.60. The van der Waals surface area contributed by atoms with Gasteiger partial charge in [0.1, 0.15) is 6.04 Å². The van der Waals surface area contributed by atoms with Crippen molar-refractivity contribution < 1.29 is 29.7 Å². The summed E-state index contributed by atoms with van der Waals surface area (Å²) in [6.07, 6.45) is 2.31. The number of hydrogen-bond donors (Lipinski definition) is 6. The highest BCUT2D eigenvalue weighted by atomic mass is 16.4. The topological polar surface area (TPSA) is 226 Å². The van der Waals surface area contributed by atoms with E-state index in [4.69, 9.17) is 10.8 Å². The fourth-order valence-electron chi connectivity index (χ4n) is 3.72. The number of rotatable bonds is 8. The van der Waals surface area contributed by atoms with Crippen LogP contribution < -0.4 is 16.6 Å². The number of carboxylic acids is 2. The lowest BCUT2D eigenvalue weighted by atomic mass is 10.1. The van der Waals surface area contributed by atoms with E-state index in [0.717, 1.165) is 0 Å². The average molecular weight is 507 g/mol. The first-order valence-corrected chi connectivity index (χ1v) is 10.8. The van der Waals surface area contributed by atoms with E-state index in [1.165, 1.54) is 35.0 Å². The van der Waals surface area contributed by atoms with E-state index in [1.54, 1.807) is 13.1 Å². The normalized spacial score (nSPS) is 11.8. The van der Waals surface area contributed by atoms with E-state index in [-0.39, 0.29) is 40.7 Å². The van der Waals surface area contributed by atoms with Crippen LogP contribution in [-0.2, 0) is 9.59 Å². The van der Waals surface area contributed by atoms with Crippen LogP contribution >= 0.6 is 0 Å². The van der Waals surface area contributed by atoms with Gasteiger partial charge in [0.15, 0.2) is 11.2 Å². The molecule has 0 unspecified atom stereocenters. The Kier molecular flexibility index (Phi) is 6.56. The number of nitrogens with two attached hydrogens (primary N) is 1. The third kappa shape index (κ3) is 5.07. The maximum absolute atomic E-state index is 12.5. The Morgan fingerprint density at radius 3 is 2.51 bits per heavy atom. The van der Waals surface area contributed by atoms with Crippen molar-refractivity contribution in [3.63, 3.8) is 0 Å². The molecular weight excluding hydrogens is 486 g/mol. The van der Waals surface area contributed by atoms with E-state index in [9.17, 15) is 29.4 Å². The molecule has 14 nitrogen and oxygen atoms in total. The summed E-state index contributed by atoms with van der Waals surface area (Å²) in [5.74, 6) is -3.49. The summed E-state index contributed by atoms with van der Waals surface area (Å²) in [6, 6.07) is 4.58. The molecule has 0 spiro atoms. The van der Waals surface area contributed by atoms with Gasteiger partial charge in [-0.2, -0.15) is 4.98 Å². The van der Waals surface area contributed by atoms with Crippen LogP contribution in [0.4, 0.5) is 5.95 Å². The zero-order valence-corrected chi connectivity index (χ0v) is 19.3. The van der Waals surface area contributed by atoms with Crippen LogP contribution in [0.5, 0.6) is 5.88 Å². The predicted molar refractivity (Wildman–Crippen MR) is 129 cm³/mol. The lowest BCUT2D eigenvalue weighted by molar-refractivity contribution is -0.140. The number of nitrogens with one attached hydrogen (secondary N) is 2.